The molecule has 3 heterocycles. The molecule has 0 aromatic carbocycles. The van der Waals surface area contributed by atoms with Crippen molar-refractivity contribution in [2.75, 3.05) is 24.5 Å². The zero-order valence-electron chi connectivity index (χ0n) is 14.1. The second kappa shape index (κ2) is 5.87. The second-order valence-electron chi connectivity index (χ2n) is 6.70. The monoisotopic (exact) mass is 323 g/mol. The molecule has 4 rings (SSSR count). The molecule has 1 atom stereocenters. The fourth-order valence-electron chi connectivity index (χ4n) is 3.49. The fraction of sp³-hybridized carbons (Fsp3) is 0.529. The summed E-state index contributed by atoms with van der Waals surface area (Å²) < 4.78 is 1.71. The Morgan fingerprint density at radius 3 is 2.71 bits per heavy atom. The number of nitriles is 1. The van der Waals surface area contributed by atoms with Gasteiger partial charge < -0.3 is 4.90 Å². The molecule has 0 N–H and O–H groups in total. The van der Waals surface area contributed by atoms with Crippen LogP contribution in [-0.2, 0) is 7.05 Å². The van der Waals surface area contributed by atoms with Crippen LogP contribution in [-0.4, -0.2) is 56.4 Å². The first kappa shape index (κ1) is 15.1. The van der Waals surface area contributed by atoms with E-state index in [1.807, 2.05) is 13.2 Å². The Kier molecular flexibility index (Phi) is 3.69. The van der Waals surface area contributed by atoms with Crippen LogP contribution in [0.25, 0.3) is 11.3 Å². The van der Waals surface area contributed by atoms with Crippen LogP contribution in [0, 0.1) is 11.3 Å². The third kappa shape index (κ3) is 2.74. The van der Waals surface area contributed by atoms with E-state index in [1.54, 1.807) is 17.1 Å². The number of hydrogen-bond acceptors (Lipinski definition) is 6. The maximum Gasteiger partial charge on any atom is 0.167 e. The van der Waals surface area contributed by atoms with Crippen LogP contribution in [0.15, 0.2) is 18.6 Å². The first-order valence-electron chi connectivity index (χ1n) is 8.42. The van der Waals surface area contributed by atoms with E-state index in [-0.39, 0.29) is 0 Å². The number of nitrogens with zero attached hydrogens (tertiary/aromatic N) is 7. The Balaban J connectivity index is 1.61. The Morgan fingerprint density at radius 2 is 2.08 bits per heavy atom. The summed E-state index contributed by atoms with van der Waals surface area (Å²) in [4.78, 5) is 14.0. The van der Waals surface area contributed by atoms with Crippen molar-refractivity contribution < 1.29 is 0 Å². The topological polar surface area (TPSA) is 73.9 Å². The largest absolute Gasteiger partial charge is 0.352 e. The number of rotatable bonds is 3. The van der Waals surface area contributed by atoms with Crippen molar-refractivity contribution in [3.63, 3.8) is 0 Å². The summed E-state index contributed by atoms with van der Waals surface area (Å²) in [6, 6.07) is 3.45. The van der Waals surface area contributed by atoms with E-state index < -0.39 is 0 Å². The van der Waals surface area contributed by atoms with Crippen molar-refractivity contribution in [1.82, 2.24) is 24.6 Å². The van der Waals surface area contributed by atoms with Crippen molar-refractivity contribution >= 4 is 5.82 Å². The predicted molar refractivity (Wildman–Crippen MR) is 90.4 cm³/mol. The Labute approximate surface area is 141 Å². The van der Waals surface area contributed by atoms with E-state index in [9.17, 15) is 5.26 Å². The lowest BCUT2D eigenvalue weighted by Crippen LogP contribution is -2.53. The number of piperazine rings is 1. The second-order valence-corrected chi connectivity index (χ2v) is 6.70. The minimum absolute atomic E-state index is 0.344. The molecular weight excluding hydrogens is 302 g/mol. The molecule has 7 nitrogen and oxygen atoms in total. The molecule has 124 valence electrons. The van der Waals surface area contributed by atoms with Gasteiger partial charge in [0.2, 0.25) is 0 Å². The lowest BCUT2D eigenvalue weighted by Gasteiger charge is -2.40. The molecule has 2 aromatic rings. The number of anilines is 1. The van der Waals surface area contributed by atoms with E-state index in [2.05, 4.69) is 32.9 Å². The molecule has 1 saturated heterocycles. The van der Waals surface area contributed by atoms with Crippen molar-refractivity contribution in [2.24, 2.45) is 7.05 Å². The molecule has 0 amide bonds. The molecule has 0 unspecified atom stereocenters. The van der Waals surface area contributed by atoms with Crippen LogP contribution < -0.4 is 4.90 Å². The summed E-state index contributed by atoms with van der Waals surface area (Å²) in [5.74, 6) is 0.843. The first-order chi connectivity index (χ1) is 11.7. The van der Waals surface area contributed by atoms with E-state index in [4.69, 9.17) is 4.98 Å². The van der Waals surface area contributed by atoms with Gasteiger partial charge in [-0.15, -0.1) is 0 Å². The zero-order chi connectivity index (χ0) is 16.7. The molecule has 7 heteroatoms. The van der Waals surface area contributed by atoms with E-state index in [0.717, 1.165) is 37.1 Å². The predicted octanol–water partition coefficient (Wildman–Crippen LogP) is 1.42. The summed E-state index contributed by atoms with van der Waals surface area (Å²) in [5, 5.41) is 13.5. The van der Waals surface area contributed by atoms with Gasteiger partial charge in [-0.25, -0.2) is 9.97 Å². The van der Waals surface area contributed by atoms with Crippen LogP contribution >= 0.6 is 0 Å². The standard InChI is InChI=1S/C17H21N7/c1-12-10-23(5-6-24(12)14-3-4-14)16-9-19-15(7-18)17(21-16)13-8-20-22(2)11-13/h8-9,11-12,14H,3-6,10H2,1-2H3/t12-/m1/s1. The summed E-state index contributed by atoms with van der Waals surface area (Å²) in [7, 11) is 1.85. The van der Waals surface area contributed by atoms with Gasteiger partial charge in [-0.1, -0.05) is 0 Å². The summed E-state index contributed by atoms with van der Waals surface area (Å²) in [6.07, 6.45) is 7.99. The van der Waals surface area contributed by atoms with Crippen LogP contribution in [0.3, 0.4) is 0 Å². The third-order valence-electron chi connectivity index (χ3n) is 4.86. The highest BCUT2D eigenvalue weighted by Gasteiger charge is 2.35. The van der Waals surface area contributed by atoms with Crippen LogP contribution in [0.2, 0.25) is 0 Å². The SMILES string of the molecule is C[C@@H]1CN(c2cnc(C#N)c(-c3cnn(C)c3)n2)CCN1C1CC1. The minimum Gasteiger partial charge on any atom is -0.352 e. The number of aromatic nitrogens is 4. The van der Waals surface area contributed by atoms with E-state index in [0.29, 0.717) is 17.4 Å². The van der Waals surface area contributed by atoms with Crippen LogP contribution in [0.4, 0.5) is 5.82 Å². The highest BCUT2D eigenvalue weighted by Crippen LogP contribution is 2.31. The van der Waals surface area contributed by atoms with Crippen LogP contribution in [0.5, 0.6) is 0 Å². The molecular formula is C17H21N7. The highest BCUT2D eigenvalue weighted by atomic mass is 15.3. The van der Waals surface area contributed by atoms with Crippen molar-refractivity contribution in [2.45, 2.75) is 31.8 Å². The van der Waals surface area contributed by atoms with Gasteiger partial charge in [-0.05, 0) is 19.8 Å². The van der Waals surface area contributed by atoms with Gasteiger partial charge in [-0.2, -0.15) is 10.4 Å². The Hall–Kier alpha value is -2.46. The highest BCUT2D eigenvalue weighted by molar-refractivity contribution is 5.65. The molecule has 2 aromatic heterocycles. The lowest BCUT2D eigenvalue weighted by atomic mass is 10.1. The number of hydrogen-bond donors (Lipinski definition) is 0. The first-order valence-corrected chi connectivity index (χ1v) is 8.42. The Bertz CT molecular complexity index is 786. The average Bonchev–Trinajstić information content (AvgIpc) is 3.34. The van der Waals surface area contributed by atoms with Crippen molar-refractivity contribution in [3.05, 3.63) is 24.3 Å². The Morgan fingerprint density at radius 1 is 1.25 bits per heavy atom. The number of aryl methyl sites for hydroxylation is 1. The molecule has 1 aliphatic carbocycles. The van der Waals surface area contributed by atoms with Gasteiger partial charge in [0.1, 0.15) is 17.6 Å². The molecule has 0 radical (unpaired) electrons. The quantitative estimate of drug-likeness (QED) is 0.850. The van der Waals surface area contributed by atoms with Gasteiger partial charge in [-0.3, -0.25) is 9.58 Å². The van der Waals surface area contributed by atoms with Gasteiger partial charge >= 0.3 is 0 Å². The van der Waals surface area contributed by atoms with E-state index >= 15 is 0 Å². The maximum absolute atomic E-state index is 9.33. The molecule has 0 bridgehead atoms. The summed E-state index contributed by atoms with van der Waals surface area (Å²) in [6.45, 7) is 5.25. The molecule has 2 fully saturated rings. The van der Waals surface area contributed by atoms with Gasteiger partial charge in [0, 0.05) is 50.5 Å². The summed E-state index contributed by atoms with van der Waals surface area (Å²) >= 11 is 0. The smallest absolute Gasteiger partial charge is 0.167 e. The third-order valence-corrected chi connectivity index (χ3v) is 4.86. The van der Waals surface area contributed by atoms with Gasteiger partial charge in [0.25, 0.3) is 0 Å². The molecule has 24 heavy (non-hydrogen) atoms. The van der Waals surface area contributed by atoms with Crippen LogP contribution in [0.1, 0.15) is 25.5 Å². The van der Waals surface area contributed by atoms with Gasteiger partial charge in [0.15, 0.2) is 5.69 Å². The zero-order valence-corrected chi connectivity index (χ0v) is 14.1. The molecule has 2 aliphatic rings. The molecule has 1 aliphatic heterocycles. The van der Waals surface area contributed by atoms with Gasteiger partial charge in [0.05, 0.1) is 12.4 Å². The molecule has 0 spiro atoms. The molecule has 1 saturated carbocycles. The van der Waals surface area contributed by atoms with Crippen molar-refractivity contribution in [3.8, 4) is 17.3 Å². The van der Waals surface area contributed by atoms with Crippen molar-refractivity contribution in [1.29, 1.82) is 5.26 Å². The minimum atomic E-state index is 0.344. The fourth-order valence-corrected chi connectivity index (χ4v) is 3.49. The average molecular weight is 323 g/mol. The normalized spacial score (nSPS) is 21.7. The summed E-state index contributed by atoms with van der Waals surface area (Å²) in [5.41, 5.74) is 1.78. The lowest BCUT2D eigenvalue weighted by molar-refractivity contribution is 0.179. The van der Waals surface area contributed by atoms with E-state index in [1.165, 1.54) is 12.8 Å². The maximum atomic E-state index is 9.33.